The quantitative estimate of drug-likeness (QED) is 0.771. The lowest BCUT2D eigenvalue weighted by Gasteiger charge is -2.32. The molecule has 90 valence electrons. The molecule has 2 aliphatic heterocycles. The summed E-state index contributed by atoms with van der Waals surface area (Å²) in [6.45, 7) is 1.44. The van der Waals surface area contributed by atoms with Gasteiger partial charge >= 0.3 is 0 Å². The van der Waals surface area contributed by atoms with Crippen molar-refractivity contribution in [3.8, 4) is 0 Å². The van der Waals surface area contributed by atoms with Crippen LogP contribution < -0.4 is 0 Å². The van der Waals surface area contributed by atoms with Crippen molar-refractivity contribution in [3.05, 3.63) is 29.8 Å². The standard InChI is InChI=1S/C13H15NO2S/c15-13(11-3-1-2-4-12(11)17)14-7-9-5-6-10(8-14)16-9/h1-4,9-10,17H,5-8H2. The largest absolute Gasteiger partial charge is 0.371 e. The summed E-state index contributed by atoms with van der Waals surface area (Å²) in [6, 6.07) is 7.46. The van der Waals surface area contributed by atoms with Gasteiger partial charge in [0.25, 0.3) is 5.91 Å². The second-order valence-electron chi connectivity index (χ2n) is 4.68. The van der Waals surface area contributed by atoms with Crippen LogP contribution in [0.2, 0.25) is 0 Å². The molecule has 3 nitrogen and oxygen atoms in total. The molecule has 0 aliphatic carbocycles. The van der Waals surface area contributed by atoms with E-state index in [2.05, 4.69) is 12.6 Å². The van der Waals surface area contributed by atoms with Gasteiger partial charge in [0.2, 0.25) is 0 Å². The normalized spacial score (nSPS) is 27.2. The summed E-state index contributed by atoms with van der Waals surface area (Å²) in [5, 5.41) is 0. The Labute approximate surface area is 106 Å². The van der Waals surface area contributed by atoms with Gasteiger partial charge in [0.1, 0.15) is 0 Å². The molecule has 3 rings (SSSR count). The van der Waals surface area contributed by atoms with Crippen LogP contribution in [0.25, 0.3) is 0 Å². The number of carbonyl (C=O) groups excluding carboxylic acids is 1. The van der Waals surface area contributed by atoms with Gasteiger partial charge in [0, 0.05) is 18.0 Å². The van der Waals surface area contributed by atoms with E-state index in [1.165, 1.54) is 0 Å². The minimum Gasteiger partial charge on any atom is -0.371 e. The van der Waals surface area contributed by atoms with Gasteiger partial charge in [0.15, 0.2) is 0 Å². The summed E-state index contributed by atoms with van der Waals surface area (Å²) >= 11 is 4.34. The molecule has 0 saturated carbocycles. The highest BCUT2D eigenvalue weighted by Crippen LogP contribution is 2.27. The highest BCUT2D eigenvalue weighted by atomic mass is 32.1. The molecule has 2 bridgehead atoms. The van der Waals surface area contributed by atoms with Crippen molar-refractivity contribution < 1.29 is 9.53 Å². The van der Waals surface area contributed by atoms with Crippen LogP contribution in [-0.2, 0) is 4.74 Å². The van der Waals surface area contributed by atoms with Crippen molar-refractivity contribution in [2.45, 2.75) is 29.9 Å². The molecule has 0 aromatic heterocycles. The first-order valence-electron chi connectivity index (χ1n) is 5.97. The second kappa shape index (κ2) is 4.35. The summed E-state index contributed by atoms with van der Waals surface area (Å²) in [6.07, 6.45) is 2.64. The molecule has 1 amide bonds. The molecular weight excluding hydrogens is 234 g/mol. The Kier molecular flexibility index (Phi) is 2.84. The van der Waals surface area contributed by atoms with E-state index in [0.717, 1.165) is 30.8 Å². The third-order valence-electron chi connectivity index (χ3n) is 3.47. The topological polar surface area (TPSA) is 29.5 Å². The lowest BCUT2D eigenvalue weighted by atomic mass is 10.1. The number of rotatable bonds is 1. The fourth-order valence-corrected chi connectivity index (χ4v) is 2.86. The minimum absolute atomic E-state index is 0.0794. The SMILES string of the molecule is O=C(c1ccccc1S)N1CC2CCC(C1)O2. The van der Waals surface area contributed by atoms with E-state index in [9.17, 15) is 4.79 Å². The smallest absolute Gasteiger partial charge is 0.255 e. The molecule has 0 radical (unpaired) electrons. The summed E-state index contributed by atoms with van der Waals surface area (Å²) in [4.78, 5) is 15.0. The van der Waals surface area contributed by atoms with Gasteiger partial charge in [-0.1, -0.05) is 12.1 Å². The van der Waals surface area contributed by atoms with E-state index in [0.29, 0.717) is 5.56 Å². The number of benzene rings is 1. The molecule has 4 heteroatoms. The van der Waals surface area contributed by atoms with Crippen LogP contribution in [0.5, 0.6) is 0 Å². The third-order valence-corrected chi connectivity index (χ3v) is 3.86. The highest BCUT2D eigenvalue weighted by Gasteiger charge is 2.36. The maximum Gasteiger partial charge on any atom is 0.255 e. The Morgan fingerprint density at radius 3 is 2.53 bits per heavy atom. The number of carbonyl (C=O) groups is 1. The Balaban J connectivity index is 1.81. The lowest BCUT2D eigenvalue weighted by Crippen LogP contribution is -2.45. The van der Waals surface area contributed by atoms with Crippen molar-refractivity contribution in [3.63, 3.8) is 0 Å². The highest BCUT2D eigenvalue weighted by molar-refractivity contribution is 7.80. The van der Waals surface area contributed by atoms with Gasteiger partial charge < -0.3 is 9.64 Å². The van der Waals surface area contributed by atoms with Gasteiger partial charge in [-0.05, 0) is 25.0 Å². The van der Waals surface area contributed by atoms with Gasteiger partial charge in [-0.15, -0.1) is 12.6 Å². The van der Waals surface area contributed by atoms with Crippen molar-refractivity contribution in [2.24, 2.45) is 0 Å². The van der Waals surface area contributed by atoms with Gasteiger partial charge in [0.05, 0.1) is 17.8 Å². The fraction of sp³-hybridized carbons (Fsp3) is 0.462. The molecule has 1 aromatic carbocycles. The molecule has 2 unspecified atom stereocenters. The molecule has 0 N–H and O–H groups in total. The van der Waals surface area contributed by atoms with Crippen molar-refractivity contribution in [1.29, 1.82) is 0 Å². The Bertz CT molecular complexity index is 437. The summed E-state index contributed by atoms with van der Waals surface area (Å²) in [5.74, 6) is 0.0794. The van der Waals surface area contributed by atoms with E-state index < -0.39 is 0 Å². The van der Waals surface area contributed by atoms with Crippen LogP contribution in [0.4, 0.5) is 0 Å². The molecule has 17 heavy (non-hydrogen) atoms. The second-order valence-corrected chi connectivity index (χ2v) is 5.17. The number of thiol groups is 1. The Hall–Kier alpha value is -1.00. The molecule has 2 fully saturated rings. The van der Waals surface area contributed by atoms with Crippen molar-refractivity contribution in [1.82, 2.24) is 4.90 Å². The summed E-state index contributed by atoms with van der Waals surface area (Å²) < 4.78 is 5.73. The number of hydrogen-bond donors (Lipinski definition) is 1. The zero-order valence-corrected chi connectivity index (χ0v) is 10.4. The number of amides is 1. The van der Waals surface area contributed by atoms with E-state index >= 15 is 0 Å². The number of nitrogens with zero attached hydrogens (tertiary/aromatic N) is 1. The summed E-state index contributed by atoms with van der Waals surface area (Å²) in [5.41, 5.74) is 0.692. The Morgan fingerprint density at radius 1 is 1.24 bits per heavy atom. The van der Waals surface area contributed by atoms with E-state index in [1.54, 1.807) is 0 Å². The third kappa shape index (κ3) is 2.07. The van der Waals surface area contributed by atoms with Crippen LogP contribution in [0.3, 0.4) is 0 Å². The van der Waals surface area contributed by atoms with Crippen LogP contribution in [-0.4, -0.2) is 36.1 Å². The zero-order valence-electron chi connectivity index (χ0n) is 9.50. The number of fused-ring (bicyclic) bond motifs is 2. The first-order valence-corrected chi connectivity index (χ1v) is 6.41. The monoisotopic (exact) mass is 249 g/mol. The fourth-order valence-electron chi connectivity index (χ4n) is 2.61. The van der Waals surface area contributed by atoms with Gasteiger partial charge in [-0.3, -0.25) is 4.79 Å². The van der Waals surface area contributed by atoms with Crippen molar-refractivity contribution in [2.75, 3.05) is 13.1 Å². The molecule has 2 saturated heterocycles. The first-order chi connectivity index (χ1) is 8.24. The minimum atomic E-state index is 0.0794. The number of ether oxygens (including phenoxy) is 1. The van der Waals surface area contributed by atoms with Crippen LogP contribution in [0.1, 0.15) is 23.2 Å². The Morgan fingerprint density at radius 2 is 1.88 bits per heavy atom. The predicted molar refractivity (Wildman–Crippen MR) is 67.5 cm³/mol. The van der Waals surface area contributed by atoms with Crippen LogP contribution in [0, 0.1) is 0 Å². The molecule has 0 spiro atoms. The van der Waals surface area contributed by atoms with Gasteiger partial charge in [-0.2, -0.15) is 0 Å². The maximum absolute atomic E-state index is 12.4. The molecule has 1 aromatic rings. The molecule has 2 heterocycles. The van der Waals surface area contributed by atoms with Crippen LogP contribution in [0.15, 0.2) is 29.2 Å². The number of likely N-dealkylation sites (tertiary alicyclic amines) is 1. The van der Waals surface area contributed by atoms with E-state index in [1.807, 2.05) is 29.2 Å². The van der Waals surface area contributed by atoms with Gasteiger partial charge in [-0.25, -0.2) is 0 Å². The average molecular weight is 249 g/mol. The number of morpholine rings is 1. The first kappa shape index (κ1) is 11.1. The average Bonchev–Trinajstić information content (AvgIpc) is 2.68. The molecular formula is C13H15NO2S. The maximum atomic E-state index is 12.4. The predicted octanol–water partition coefficient (Wildman–Crippen LogP) is 1.98. The summed E-state index contributed by atoms with van der Waals surface area (Å²) in [7, 11) is 0. The van der Waals surface area contributed by atoms with Crippen LogP contribution >= 0.6 is 12.6 Å². The molecule has 2 aliphatic rings. The van der Waals surface area contributed by atoms with E-state index in [-0.39, 0.29) is 18.1 Å². The zero-order chi connectivity index (χ0) is 11.8. The lowest BCUT2D eigenvalue weighted by molar-refractivity contribution is -0.0304. The number of hydrogen-bond acceptors (Lipinski definition) is 3. The molecule has 2 atom stereocenters. The van der Waals surface area contributed by atoms with E-state index in [4.69, 9.17) is 4.74 Å². The van der Waals surface area contributed by atoms with Crippen molar-refractivity contribution >= 4 is 18.5 Å².